The first-order chi connectivity index (χ1) is 9.38. The lowest BCUT2D eigenvalue weighted by molar-refractivity contribution is 1.05. The van der Waals surface area contributed by atoms with E-state index in [1.54, 1.807) is 0 Å². The van der Waals surface area contributed by atoms with Gasteiger partial charge in [0.15, 0.2) is 0 Å². The number of hydrogen-bond acceptors (Lipinski definition) is 3. The van der Waals surface area contributed by atoms with Crippen LogP contribution in [0.3, 0.4) is 0 Å². The Morgan fingerprint density at radius 3 is 2.58 bits per heavy atom. The molecule has 3 rings (SSSR count). The molecule has 0 fully saturated rings. The lowest BCUT2D eigenvalue weighted by Crippen LogP contribution is -2.01. The van der Waals surface area contributed by atoms with Gasteiger partial charge in [-0.3, -0.25) is 0 Å². The molecule has 0 atom stereocenters. The van der Waals surface area contributed by atoms with Crippen LogP contribution in [0.25, 0.3) is 10.9 Å². The first kappa shape index (κ1) is 12.2. The molecule has 19 heavy (non-hydrogen) atoms. The second kappa shape index (κ2) is 5.41. The van der Waals surface area contributed by atoms with Gasteiger partial charge in [-0.2, -0.15) is 4.37 Å². The average Bonchev–Trinajstić information content (AvgIpc) is 2.89. The number of anilines is 1. The lowest BCUT2D eigenvalue weighted by Gasteiger charge is -2.08. The molecule has 0 saturated carbocycles. The fourth-order valence-electron chi connectivity index (χ4n) is 2.27. The highest BCUT2D eigenvalue weighted by molar-refractivity contribution is 7.11. The standard InChI is InChI=1S/C16H16N2S/c1-2-12-7-3-4-8-13(12)11-17-16-14-9-5-6-10-15(14)18-19-16/h3-10,17H,2,11H2,1H3. The third-order valence-corrected chi connectivity index (χ3v) is 4.16. The molecule has 0 aliphatic carbocycles. The molecule has 1 aromatic heterocycles. The molecule has 2 nitrogen and oxygen atoms in total. The molecular formula is C16H16N2S. The smallest absolute Gasteiger partial charge is 0.117 e. The summed E-state index contributed by atoms with van der Waals surface area (Å²) in [6.07, 6.45) is 1.07. The van der Waals surface area contributed by atoms with E-state index in [4.69, 9.17) is 0 Å². The zero-order valence-electron chi connectivity index (χ0n) is 10.9. The van der Waals surface area contributed by atoms with Gasteiger partial charge in [-0.05, 0) is 41.2 Å². The largest absolute Gasteiger partial charge is 0.371 e. The Hall–Kier alpha value is -1.87. The van der Waals surface area contributed by atoms with Crippen LogP contribution in [0.5, 0.6) is 0 Å². The Balaban J connectivity index is 1.82. The van der Waals surface area contributed by atoms with Crippen LogP contribution >= 0.6 is 11.5 Å². The maximum Gasteiger partial charge on any atom is 0.117 e. The molecule has 0 radical (unpaired) electrons. The summed E-state index contributed by atoms with van der Waals surface area (Å²) < 4.78 is 4.45. The summed E-state index contributed by atoms with van der Waals surface area (Å²) in [5.74, 6) is 0. The number of fused-ring (bicyclic) bond motifs is 1. The Bertz CT molecular complexity index is 688. The fraction of sp³-hybridized carbons (Fsp3) is 0.188. The van der Waals surface area contributed by atoms with Crippen molar-refractivity contribution in [1.29, 1.82) is 0 Å². The van der Waals surface area contributed by atoms with Crippen LogP contribution in [0.4, 0.5) is 5.00 Å². The van der Waals surface area contributed by atoms with Crippen molar-refractivity contribution in [2.75, 3.05) is 5.32 Å². The number of aromatic nitrogens is 1. The zero-order valence-corrected chi connectivity index (χ0v) is 11.7. The molecule has 1 heterocycles. The van der Waals surface area contributed by atoms with Crippen LogP contribution < -0.4 is 5.32 Å². The minimum absolute atomic E-state index is 0.857. The number of hydrogen-bond donors (Lipinski definition) is 1. The number of aryl methyl sites for hydroxylation is 1. The van der Waals surface area contributed by atoms with E-state index in [9.17, 15) is 0 Å². The Kier molecular flexibility index (Phi) is 3.47. The van der Waals surface area contributed by atoms with Crippen LogP contribution in [-0.2, 0) is 13.0 Å². The molecule has 0 amide bonds. The number of rotatable bonds is 4. The van der Waals surface area contributed by atoms with Crippen molar-refractivity contribution in [1.82, 2.24) is 4.37 Å². The molecular weight excluding hydrogens is 252 g/mol. The van der Waals surface area contributed by atoms with E-state index in [0.717, 1.165) is 23.5 Å². The second-order valence-corrected chi connectivity index (χ2v) is 5.28. The van der Waals surface area contributed by atoms with E-state index in [1.807, 2.05) is 6.07 Å². The van der Waals surface area contributed by atoms with E-state index in [0.29, 0.717) is 0 Å². The molecule has 3 heteroatoms. The van der Waals surface area contributed by atoms with Gasteiger partial charge < -0.3 is 5.32 Å². The molecule has 1 N–H and O–H groups in total. The average molecular weight is 268 g/mol. The van der Waals surface area contributed by atoms with Gasteiger partial charge in [0.25, 0.3) is 0 Å². The van der Waals surface area contributed by atoms with Crippen LogP contribution in [0.1, 0.15) is 18.1 Å². The van der Waals surface area contributed by atoms with Crippen molar-refractivity contribution in [2.45, 2.75) is 19.9 Å². The van der Waals surface area contributed by atoms with Gasteiger partial charge in [0.1, 0.15) is 5.00 Å². The Morgan fingerprint density at radius 1 is 1.00 bits per heavy atom. The fourth-order valence-corrected chi connectivity index (χ4v) is 3.02. The topological polar surface area (TPSA) is 24.9 Å². The molecule has 0 spiro atoms. The van der Waals surface area contributed by atoms with E-state index < -0.39 is 0 Å². The van der Waals surface area contributed by atoms with Crippen LogP contribution in [-0.4, -0.2) is 4.37 Å². The number of benzene rings is 2. The SMILES string of the molecule is CCc1ccccc1CNc1snc2ccccc12. The van der Waals surface area contributed by atoms with Crippen molar-refractivity contribution in [3.05, 3.63) is 59.7 Å². The number of nitrogens with one attached hydrogen (secondary N) is 1. The molecule has 0 aliphatic rings. The first-order valence-electron chi connectivity index (χ1n) is 6.53. The predicted molar refractivity (Wildman–Crippen MR) is 82.8 cm³/mol. The molecule has 0 unspecified atom stereocenters. The highest BCUT2D eigenvalue weighted by Gasteiger charge is 2.05. The van der Waals surface area contributed by atoms with Crippen molar-refractivity contribution in [3.8, 4) is 0 Å². The highest BCUT2D eigenvalue weighted by Crippen LogP contribution is 2.27. The summed E-state index contributed by atoms with van der Waals surface area (Å²) in [4.78, 5) is 0. The summed E-state index contributed by atoms with van der Waals surface area (Å²) in [7, 11) is 0. The third-order valence-electron chi connectivity index (χ3n) is 3.32. The van der Waals surface area contributed by atoms with Crippen molar-refractivity contribution < 1.29 is 0 Å². The van der Waals surface area contributed by atoms with Gasteiger partial charge in [0.05, 0.1) is 5.52 Å². The van der Waals surface area contributed by atoms with Crippen LogP contribution in [0.2, 0.25) is 0 Å². The Labute approximate surface area is 117 Å². The van der Waals surface area contributed by atoms with E-state index in [1.165, 1.54) is 28.0 Å². The highest BCUT2D eigenvalue weighted by atomic mass is 32.1. The normalized spacial score (nSPS) is 10.8. The van der Waals surface area contributed by atoms with Gasteiger partial charge in [0.2, 0.25) is 0 Å². The third kappa shape index (κ3) is 2.47. The Morgan fingerprint density at radius 2 is 1.74 bits per heavy atom. The lowest BCUT2D eigenvalue weighted by atomic mass is 10.1. The summed E-state index contributed by atoms with van der Waals surface area (Å²) in [6.45, 7) is 3.05. The number of nitrogens with zero attached hydrogens (tertiary/aromatic N) is 1. The van der Waals surface area contributed by atoms with Crippen molar-refractivity contribution in [2.24, 2.45) is 0 Å². The predicted octanol–water partition coefficient (Wildman–Crippen LogP) is 4.47. The maximum atomic E-state index is 4.45. The zero-order chi connectivity index (χ0) is 13.1. The van der Waals surface area contributed by atoms with Gasteiger partial charge in [-0.15, -0.1) is 0 Å². The molecule has 0 bridgehead atoms. The monoisotopic (exact) mass is 268 g/mol. The van der Waals surface area contributed by atoms with E-state index in [-0.39, 0.29) is 0 Å². The molecule has 3 aromatic rings. The molecule has 0 aliphatic heterocycles. The maximum absolute atomic E-state index is 4.45. The van der Waals surface area contributed by atoms with Crippen LogP contribution in [0, 0.1) is 0 Å². The molecule has 2 aromatic carbocycles. The minimum Gasteiger partial charge on any atom is -0.371 e. The molecule has 96 valence electrons. The second-order valence-electron chi connectivity index (χ2n) is 4.50. The quantitative estimate of drug-likeness (QED) is 0.755. The van der Waals surface area contributed by atoms with Gasteiger partial charge in [0, 0.05) is 11.9 Å². The van der Waals surface area contributed by atoms with Gasteiger partial charge in [-0.1, -0.05) is 43.3 Å². The van der Waals surface area contributed by atoms with Crippen molar-refractivity contribution >= 4 is 27.4 Å². The van der Waals surface area contributed by atoms with Crippen molar-refractivity contribution in [3.63, 3.8) is 0 Å². The van der Waals surface area contributed by atoms with E-state index in [2.05, 4.69) is 59.1 Å². The summed E-state index contributed by atoms with van der Waals surface area (Å²) >= 11 is 1.53. The first-order valence-corrected chi connectivity index (χ1v) is 7.31. The summed E-state index contributed by atoms with van der Waals surface area (Å²) in [6, 6.07) is 16.8. The summed E-state index contributed by atoms with van der Waals surface area (Å²) in [5, 5.41) is 5.88. The van der Waals surface area contributed by atoms with Crippen LogP contribution in [0.15, 0.2) is 48.5 Å². The van der Waals surface area contributed by atoms with Gasteiger partial charge in [-0.25, -0.2) is 0 Å². The van der Waals surface area contributed by atoms with Gasteiger partial charge >= 0.3 is 0 Å². The molecule has 0 saturated heterocycles. The van der Waals surface area contributed by atoms with E-state index >= 15 is 0 Å². The minimum atomic E-state index is 0.857. The summed E-state index contributed by atoms with van der Waals surface area (Å²) in [5.41, 5.74) is 3.84.